The van der Waals surface area contributed by atoms with Gasteiger partial charge < -0.3 is 4.74 Å². The van der Waals surface area contributed by atoms with Crippen molar-refractivity contribution in [3.8, 4) is 17.1 Å². The van der Waals surface area contributed by atoms with Crippen molar-refractivity contribution in [1.29, 1.82) is 0 Å². The topological polar surface area (TPSA) is 52.1 Å². The molecule has 4 nitrogen and oxygen atoms in total. The van der Waals surface area contributed by atoms with Gasteiger partial charge in [0, 0.05) is 18.0 Å². The first-order chi connectivity index (χ1) is 17.1. The number of nitrogens with zero attached hydrogens (tertiary/aromatic N) is 2. The largest absolute Gasteiger partial charge is 0.423 e. The highest BCUT2D eigenvalue weighted by Crippen LogP contribution is 2.20. The molecular weight excluding hydrogens is 432 g/mol. The molecular formula is C31H40N2O2. The molecule has 1 atom stereocenters. The molecule has 1 heterocycles. The van der Waals surface area contributed by atoms with Gasteiger partial charge in [-0.3, -0.25) is 0 Å². The van der Waals surface area contributed by atoms with Crippen LogP contribution in [0.5, 0.6) is 5.75 Å². The predicted octanol–water partition coefficient (Wildman–Crippen LogP) is 8.24. The van der Waals surface area contributed by atoms with Crippen molar-refractivity contribution >= 4 is 5.97 Å². The summed E-state index contributed by atoms with van der Waals surface area (Å²) in [5, 5.41) is 0. The van der Waals surface area contributed by atoms with Crippen LogP contribution in [0.2, 0.25) is 0 Å². The van der Waals surface area contributed by atoms with Gasteiger partial charge in [-0.05, 0) is 60.6 Å². The van der Waals surface area contributed by atoms with E-state index in [-0.39, 0.29) is 5.97 Å². The molecule has 0 fully saturated rings. The third-order valence-electron chi connectivity index (χ3n) is 6.57. The number of aromatic nitrogens is 2. The minimum absolute atomic E-state index is 0.364. The Morgan fingerprint density at radius 2 is 1.43 bits per heavy atom. The van der Waals surface area contributed by atoms with Crippen LogP contribution in [-0.2, 0) is 12.8 Å². The molecule has 3 rings (SSSR count). The van der Waals surface area contributed by atoms with Crippen LogP contribution in [0.3, 0.4) is 0 Å². The second-order valence-corrected chi connectivity index (χ2v) is 9.61. The van der Waals surface area contributed by atoms with Crippen molar-refractivity contribution in [3.05, 3.63) is 77.6 Å². The van der Waals surface area contributed by atoms with Crippen molar-refractivity contribution in [3.63, 3.8) is 0 Å². The SMILES string of the molecule is CCCCCCCCCc1cnc(-c2ccc(C(=O)Oc3ccc(C[C@@H](C)CC)cc3)cc2)nc1. The first-order valence-corrected chi connectivity index (χ1v) is 13.3. The minimum atomic E-state index is -0.364. The van der Waals surface area contributed by atoms with Crippen LogP contribution in [0.1, 0.15) is 93.6 Å². The zero-order valence-corrected chi connectivity index (χ0v) is 21.6. The molecule has 186 valence electrons. The molecule has 0 radical (unpaired) electrons. The summed E-state index contributed by atoms with van der Waals surface area (Å²) in [6.07, 6.45) is 16.2. The fourth-order valence-electron chi connectivity index (χ4n) is 4.08. The van der Waals surface area contributed by atoms with Crippen LogP contribution >= 0.6 is 0 Å². The van der Waals surface area contributed by atoms with E-state index in [2.05, 4.69) is 30.7 Å². The smallest absolute Gasteiger partial charge is 0.343 e. The maximum atomic E-state index is 12.6. The normalized spacial score (nSPS) is 11.9. The average Bonchev–Trinajstić information content (AvgIpc) is 2.89. The van der Waals surface area contributed by atoms with E-state index in [4.69, 9.17) is 4.74 Å². The lowest BCUT2D eigenvalue weighted by molar-refractivity contribution is 0.0734. The van der Waals surface area contributed by atoms with E-state index < -0.39 is 0 Å². The third kappa shape index (κ3) is 8.93. The molecule has 0 bridgehead atoms. The molecule has 35 heavy (non-hydrogen) atoms. The maximum Gasteiger partial charge on any atom is 0.343 e. The summed E-state index contributed by atoms with van der Waals surface area (Å²) in [5.74, 6) is 1.52. The van der Waals surface area contributed by atoms with Crippen molar-refractivity contribution in [2.24, 2.45) is 5.92 Å². The van der Waals surface area contributed by atoms with Crippen LogP contribution < -0.4 is 4.74 Å². The first-order valence-electron chi connectivity index (χ1n) is 13.3. The summed E-state index contributed by atoms with van der Waals surface area (Å²) in [5.41, 5.74) is 3.83. The quantitative estimate of drug-likeness (QED) is 0.135. The number of ether oxygens (including phenoxy) is 1. The van der Waals surface area contributed by atoms with Gasteiger partial charge in [0.2, 0.25) is 0 Å². The molecule has 0 aliphatic carbocycles. The van der Waals surface area contributed by atoms with E-state index in [1.54, 1.807) is 12.1 Å². The lowest BCUT2D eigenvalue weighted by atomic mass is 9.99. The van der Waals surface area contributed by atoms with Gasteiger partial charge in [-0.1, -0.05) is 90.0 Å². The Balaban J connectivity index is 1.48. The van der Waals surface area contributed by atoms with Crippen molar-refractivity contribution < 1.29 is 9.53 Å². The summed E-state index contributed by atoms with van der Waals surface area (Å²) >= 11 is 0. The highest BCUT2D eigenvalue weighted by atomic mass is 16.5. The van der Waals surface area contributed by atoms with Gasteiger partial charge >= 0.3 is 5.97 Å². The number of hydrogen-bond acceptors (Lipinski definition) is 4. The van der Waals surface area contributed by atoms with Gasteiger partial charge in [-0.25, -0.2) is 14.8 Å². The second kappa shape index (κ2) is 14.4. The number of carbonyl (C=O) groups is 1. The summed E-state index contributed by atoms with van der Waals surface area (Å²) < 4.78 is 5.55. The van der Waals surface area contributed by atoms with Gasteiger partial charge in [0.05, 0.1) is 5.56 Å². The molecule has 4 heteroatoms. The van der Waals surface area contributed by atoms with Crippen LogP contribution in [-0.4, -0.2) is 15.9 Å². The Bertz CT molecular complexity index is 1010. The molecule has 0 saturated heterocycles. The molecule has 0 aliphatic heterocycles. The molecule has 3 aromatic rings. The van der Waals surface area contributed by atoms with Crippen LogP contribution in [0.15, 0.2) is 60.9 Å². The summed E-state index contributed by atoms with van der Waals surface area (Å²) in [6.45, 7) is 6.70. The molecule has 0 spiro atoms. The summed E-state index contributed by atoms with van der Waals surface area (Å²) in [6, 6.07) is 15.1. The molecule has 0 unspecified atom stereocenters. The highest BCUT2D eigenvalue weighted by molar-refractivity contribution is 5.91. The van der Waals surface area contributed by atoms with E-state index in [1.165, 1.54) is 56.1 Å². The van der Waals surface area contributed by atoms with Crippen molar-refractivity contribution in [1.82, 2.24) is 9.97 Å². The maximum absolute atomic E-state index is 12.6. The van der Waals surface area contributed by atoms with Gasteiger partial charge in [0.1, 0.15) is 5.75 Å². The van der Waals surface area contributed by atoms with Crippen LogP contribution in [0.4, 0.5) is 0 Å². The predicted molar refractivity (Wildman–Crippen MR) is 144 cm³/mol. The van der Waals surface area contributed by atoms with Crippen LogP contribution in [0, 0.1) is 5.92 Å². The lowest BCUT2D eigenvalue weighted by Crippen LogP contribution is -2.08. The van der Waals surface area contributed by atoms with E-state index in [9.17, 15) is 4.79 Å². The van der Waals surface area contributed by atoms with Gasteiger partial charge in [0.15, 0.2) is 5.82 Å². The number of hydrogen-bond donors (Lipinski definition) is 0. The van der Waals surface area contributed by atoms with Gasteiger partial charge in [-0.15, -0.1) is 0 Å². The number of benzene rings is 2. The Hall–Kier alpha value is -3.01. The highest BCUT2D eigenvalue weighted by Gasteiger charge is 2.10. The first kappa shape index (κ1) is 26.6. The van der Waals surface area contributed by atoms with E-state index >= 15 is 0 Å². The Morgan fingerprint density at radius 1 is 0.800 bits per heavy atom. The number of esters is 1. The minimum Gasteiger partial charge on any atom is -0.423 e. The number of unbranched alkanes of at least 4 members (excludes halogenated alkanes) is 6. The van der Waals surface area contributed by atoms with E-state index in [0.29, 0.717) is 23.1 Å². The van der Waals surface area contributed by atoms with Crippen LogP contribution in [0.25, 0.3) is 11.4 Å². The lowest BCUT2D eigenvalue weighted by Gasteiger charge is -2.09. The standard InChI is InChI=1S/C31H40N2O2/c1-4-6-7-8-9-10-11-12-26-22-32-30(33-23-26)27-15-17-28(18-16-27)31(34)35-29-19-13-25(14-20-29)21-24(3)5-2/h13-20,22-24H,4-12,21H2,1-3H3/t24-/m0/s1. The number of aryl methyl sites for hydroxylation is 1. The summed E-state index contributed by atoms with van der Waals surface area (Å²) in [4.78, 5) is 21.6. The second-order valence-electron chi connectivity index (χ2n) is 9.61. The molecule has 2 aromatic carbocycles. The fraction of sp³-hybridized carbons (Fsp3) is 0.452. The monoisotopic (exact) mass is 472 g/mol. The molecule has 0 aliphatic rings. The molecule has 0 saturated carbocycles. The Morgan fingerprint density at radius 3 is 2.06 bits per heavy atom. The fourth-order valence-corrected chi connectivity index (χ4v) is 4.08. The molecule has 0 N–H and O–H groups in total. The zero-order chi connectivity index (χ0) is 24.9. The van der Waals surface area contributed by atoms with E-state index in [1.807, 2.05) is 48.8 Å². The van der Waals surface area contributed by atoms with Crippen molar-refractivity contribution in [2.45, 2.75) is 85.0 Å². The third-order valence-corrected chi connectivity index (χ3v) is 6.57. The van der Waals surface area contributed by atoms with E-state index in [0.717, 1.165) is 24.8 Å². The number of carbonyl (C=O) groups excluding carboxylic acids is 1. The average molecular weight is 473 g/mol. The Labute approximate surface area is 211 Å². The molecule has 0 amide bonds. The van der Waals surface area contributed by atoms with Gasteiger partial charge in [-0.2, -0.15) is 0 Å². The number of rotatable bonds is 14. The van der Waals surface area contributed by atoms with Crippen molar-refractivity contribution in [2.75, 3.05) is 0 Å². The van der Waals surface area contributed by atoms with Gasteiger partial charge in [0.25, 0.3) is 0 Å². The zero-order valence-electron chi connectivity index (χ0n) is 21.6. The Kier molecular flexibility index (Phi) is 10.9. The molecule has 1 aromatic heterocycles. The summed E-state index contributed by atoms with van der Waals surface area (Å²) in [7, 11) is 0.